The molecule has 2 aromatic heterocycles. The zero-order valence-corrected chi connectivity index (χ0v) is 18.5. The van der Waals surface area contributed by atoms with Crippen molar-refractivity contribution in [3.05, 3.63) is 89.0 Å². The molecule has 0 atom stereocenters. The number of pyridine rings is 2. The molecule has 1 aliphatic heterocycles. The number of hydrogen-bond donors (Lipinski definition) is 1. The van der Waals surface area contributed by atoms with Crippen molar-refractivity contribution >= 4 is 12.1 Å². The van der Waals surface area contributed by atoms with Gasteiger partial charge in [0.05, 0.1) is 11.3 Å². The second-order valence-electron chi connectivity index (χ2n) is 8.12. The fraction of sp³-hybridized carbons (Fsp3) is 0.280. The van der Waals surface area contributed by atoms with Gasteiger partial charge in [-0.25, -0.2) is 9.59 Å². The van der Waals surface area contributed by atoms with Crippen LogP contribution in [0.15, 0.2) is 60.9 Å². The monoisotopic (exact) mass is 446 g/mol. The molecule has 0 unspecified atom stereocenters. The summed E-state index contributed by atoms with van der Waals surface area (Å²) in [6, 6.07) is 14.8. The Labute approximate surface area is 192 Å². The summed E-state index contributed by atoms with van der Waals surface area (Å²) in [5.41, 5.74) is 4.26. The molecule has 0 saturated carbocycles. The normalized spacial score (nSPS) is 14.2. The zero-order valence-electron chi connectivity index (χ0n) is 18.5. The highest BCUT2D eigenvalue weighted by atomic mass is 16.6. The average molecular weight is 447 g/mol. The van der Waals surface area contributed by atoms with Gasteiger partial charge in [0.2, 0.25) is 0 Å². The van der Waals surface area contributed by atoms with E-state index >= 15 is 0 Å². The maximum Gasteiger partial charge on any atom is 0.415 e. The van der Waals surface area contributed by atoms with E-state index in [4.69, 9.17) is 9.84 Å². The molecule has 1 amide bonds. The molecule has 0 bridgehead atoms. The van der Waals surface area contributed by atoms with E-state index in [2.05, 4.69) is 20.9 Å². The minimum absolute atomic E-state index is 0.172. The minimum Gasteiger partial charge on any atom is -0.478 e. The molecule has 0 spiro atoms. The van der Waals surface area contributed by atoms with Gasteiger partial charge in [-0.05, 0) is 54.4 Å². The van der Waals surface area contributed by atoms with Crippen LogP contribution in [0.3, 0.4) is 0 Å². The van der Waals surface area contributed by atoms with Gasteiger partial charge in [0, 0.05) is 57.2 Å². The number of rotatable bonds is 6. The fourth-order valence-corrected chi connectivity index (χ4v) is 3.71. The van der Waals surface area contributed by atoms with Crippen LogP contribution in [0.1, 0.15) is 32.9 Å². The van der Waals surface area contributed by atoms with Gasteiger partial charge in [-0.1, -0.05) is 12.1 Å². The van der Waals surface area contributed by atoms with E-state index in [1.165, 1.54) is 11.8 Å². The first kappa shape index (κ1) is 22.4. The quantitative estimate of drug-likeness (QED) is 0.620. The number of piperazine rings is 1. The van der Waals surface area contributed by atoms with E-state index in [9.17, 15) is 9.59 Å². The number of ether oxygens (including phenoxy) is 1. The predicted octanol–water partition coefficient (Wildman–Crippen LogP) is 3.39. The van der Waals surface area contributed by atoms with E-state index in [-0.39, 0.29) is 11.7 Å². The van der Waals surface area contributed by atoms with Crippen molar-refractivity contribution in [3.8, 4) is 5.75 Å². The Morgan fingerprint density at radius 1 is 0.970 bits per heavy atom. The second kappa shape index (κ2) is 10.2. The maximum absolute atomic E-state index is 12.6. The highest BCUT2D eigenvalue weighted by Gasteiger charge is 2.23. The van der Waals surface area contributed by atoms with Crippen LogP contribution in [-0.4, -0.2) is 63.1 Å². The molecule has 0 radical (unpaired) electrons. The highest BCUT2D eigenvalue weighted by molar-refractivity contribution is 5.87. The summed E-state index contributed by atoms with van der Waals surface area (Å²) in [6.07, 6.45) is 3.55. The van der Waals surface area contributed by atoms with Crippen molar-refractivity contribution in [2.45, 2.75) is 19.9 Å². The number of aromatic nitrogens is 2. The van der Waals surface area contributed by atoms with Crippen LogP contribution in [0.2, 0.25) is 0 Å². The van der Waals surface area contributed by atoms with Crippen molar-refractivity contribution in [1.29, 1.82) is 0 Å². The van der Waals surface area contributed by atoms with Crippen LogP contribution >= 0.6 is 0 Å². The number of carbonyl (C=O) groups excluding carboxylic acids is 1. The Bertz CT molecular complexity index is 1110. The van der Waals surface area contributed by atoms with Crippen LogP contribution in [-0.2, 0) is 13.0 Å². The third kappa shape index (κ3) is 6.14. The molecular weight excluding hydrogens is 420 g/mol. The lowest BCUT2D eigenvalue weighted by atomic mass is 10.1. The van der Waals surface area contributed by atoms with E-state index in [0.717, 1.165) is 23.4 Å². The number of nitrogens with zero attached hydrogens (tertiary/aromatic N) is 4. The molecule has 0 aliphatic carbocycles. The van der Waals surface area contributed by atoms with Crippen LogP contribution in [0, 0.1) is 6.92 Å². The van der Waals surface area contributed by atoms with Gasteiger partial charge in [0.25, 0.3) is 0 Å². The molecule has 1 saturated heterocycles. The first-order chi connectivity index (χ1) is 16.0. The van der Waals surface area contributed by atoms with Gasteiger partial charge in [-0.2, -0.15) is 0 Å². The summed E-state index contributed by atoms with van der Waals surface area (Å²) in [5.74, 6) is -0.467. The van der Waals surface area contributed by atoms with E-state index in [0.29, 0.717) is 38.5 Å². The van der Waals surface area contributed by atoms with Gasteiger partial charge in [0.1, 0.15) is 5.75 Å². The lowest BCUT2D eigenvalue weighted by Crippen LogP contribution is -2.49. The minimum atomic E-state index is -0.987. The molecule has 8 heteroatoms. The van der Waals surface area contributed by atoms with Gasteiger partial charge in [-0.15, -0.1) is 0 Å². The van der Waals surface area contributed by atoms with Crippen LogP contribution in [0.25, 0.3) is 0 Å². The molecule has 1 aliphatic rings. The number of carboxylic acids is 1. The molecule has 3 aromatic rings. The Hall–Kier alpha value is -3.78. The Morgan fingerprint density at radius 2 is 1.73 bits per heavy atom. The molecule has 170 valence electrons. The molecule has 4 rings (SSSR count). The standard InChI is InChI=1S/C25H26N4O4/c1-18-8-9-26-22(14-18)15-19-2-6-23(7-3-19)33-25(32)29-12-10-28(11-13-29)17-21-5-4-20(16-27-21)24(30)31/h2-9,14,16H,10-13,15,17H2,1H3,(H,30,31). The van der Waals surface area contributed by atoms with Crippen molar-refractivity contribution in [2.75, 3.05) is 26.2 Å². The summed E-state index contributed by atoms with van der Waals surface area (Å²) in [5, 5.41) is 8.96. The molecular formula is C25H26N4O4. The highest BCUT2D eigenvalue weighted by Crippen LogP contribution is 2.17. The average Bonchev–Trinajstić information content (AvgIpc) is 2.81. The van der Waals surface area contributed by atoms with Crippen molar-refractivity contribution < 1.29 is 19.4 Å². The number of amides is 1. The van der Waals surface area contributed by atoms with Gasteiger partial charge >= 0.3 is 12.1 Å². The summed E-state index contributed by atoms with van der Waals surface area (Å²) in [7, 11) is 0. The van der Waals surface area contributed by atoms with Crippen LogP contribution in [0.4, 0.5) is 4.79 Å². The largest absolute Gasteiger partial charge is 0.478 e. The Balaban J connectivity index is 1.24. The number of carboxylic acid groups (broad SMARTS) is 1. The SMILES string of the molecule is Cc1ccnc(Cc2ccc(OC(=O)N3CCN(Cc4ccc(C(=O)O)cn4)CC3)cc2)c1. The zero-order chi connectivity index (χ0) is 23.2. The maximum atomic E-state index is 12.6. The topological polar surface area (TPSA) is 95.9 Å². The Morgan fingerprint density at radius 3 is 2.36 bits per heavy atom. The lowest BCUT2D eigenvalue weighted by Gasteiger charge is -2.33. The Kier molecular flexibility index (Phi) is 6.95. The first-order valence-corrected chi connectivity index (χ1v) is 10.8. The van der Waals surface area contributed by atoms with E-state index in [1.54, 1.807) is 17.0 Å². The molecule has 1 N–H and O–H groups in total. The third-order valence-electron chi connectivity index (χ3n) is 5.57. The summed E-state index contributed by atoms with van der Waals surface area (Å²) >= 11 is 0. The first-order valence-electron chi connectivity index (χ1n) is 10.8. The molecule has 8 nitrogen and oxygen atoms in total. The smallest absolute Gasteiger partial charge is 0.415 e. The number of aryl methyl sites for hydroxylation is 1. The van der Waals surface area contributed by atoms with Crippen molar-refractivity contribution in [1.82, 2.24) is 19.8 Å². The summed E-state index contributed by atoms with van der Waals surface area (Å²) < 4.78 is 5.55. The number of hydrogen-bond acceptors (Lipinski definition) is 6. The second-order valence-corrected chi connectivity index (χ2v) is 8.12. The molecule has 33 heavy (non-hydrogen) atoms. The van der Waals surface area contributed by atoms with E-state index in [1.807, 2.05) is 43.5 Å². The number of carbonyl (C=O) groups is 2. The van der Waals surface area contributed by atoms with E-state index < -0.39 is 5.97 Å². The van der Waals surface area contributed by atoms with Crippen molar-refractivity contribution in [3.63, 3.8) is 0 Å². The van der Waals surface area contributed by atoms with Crippen molar-refractivity contribution in [2.24, 2.45) is 0 Å². The fourth-order valence-electron chi connectivity index (χ4n) is 3.71. The third-order valence-corrected chi connectivity index (χ3v) is 5.57. The van der Waals surface area contributed by atoms with Gasteiger partial charge in [-0.3, -0.25) is 14.9 Å². The summed E-state index contributed by atoms with van der Waals surface area (Å²) in [4.78, 5) is 36.0. The number of benzene rings is 1. The summed E-state index contributed by atoms with van der Waals surface area (Å²) in [6.45, 7) is 5.16. The predicted molar refractivity (Wildman–Crippen MR) is 122 cm³/mol. The van der Waals surface area contributed by atoms with Gasteiger partial charge in [0.15, 0.2) is 0 Å². The van der Waals surface area contributed by atoms with Crippen LogP contribution < -0.4 is 4.74 Å². The van der Waals surface area contributed by atoms with Crippen LogP contribution in [0.5, 0.6) is 5.75 Å². The molecule has 3 heterocycles. The molecule has 1 fully saturated rings. The molecule has 1 aromatic carbocycles. The number of aromatic carboxylic acids is 1. The lowest BCUT2D eigenvalue weighted by molar-refractivity contribution is 0.0696. The van der Waals surface area contributed by atoms with Gasteiger partial charge < -0.3 is 14.7 Å².